The molecular formula is C13H19FN2O. The second-order valence-corrected chi connectivity index (χ2v) is 4.43. The van der Waals surface area contributed by atoms with Gasteiger partial charge in [-0.2, -0.15) is 0 Å². The number of nitrogens with two attached hydrogens (primary N) is 1. The van der Waals surface area contributed by atoms with Crippen molar-refractivity contribution in [3.63, 3.8) is 0 Å². The Morgan fingerprint density at radius 1 is 1.41 bits per heavy atom. The molecule has 0 bridgehead atoms. The standard InChI is InChI=1S/C13H19FN2O/c1-2-17-13-8-12(11(15)7-10(13)14)16-9-5-3-4-6-9/h7-9,16H,2-6,15H2,1H3. The molecule has 1 fully saturated rings. The normalized spacial score (nSPS) is 16.1. The predicted molar refractivity (Wildman–Crippen MR) is 67.9 cm³/mol. The van der Waals surface area contributed by atoms with E-state index in [2.05, 4.69) is 5.32 Å². The Kier molecular flexibility index (Phi) is 3.71. The average Bonchev–Trinajstić information content (AvgIpc) is 2.78. The van der Waals surface area contributed by atoms with Crippen LogP contribution in [0.5, 0.6) is 5.75 Å². The van der Waals surface area contributed by atoms with Gasteiger partial charge in [0.15, 0.2) is 11.6 Å². The number of hydrogen-bond acceptors (Lipinski definition) is 3. The highest BCUT2D eigenvalue weighted by atomic mass is 19.1. The van der Waals surface area contributed by atoms with Gasteiger partial charge in [0.1, 0.15) is 0 Å². The SMILES string of the molecule is CCOc1cc(NC2CCCC2)c(N)cc1F. The Morgan fingerprint density at radius 3 is 2.76 bits per heavy atom. The molecule has 0 aromatic heterocycles. The highest BCUT2D eigenvalue weighted by Gasteiger charge is 2.17. The second-order valence-electron chi connectivity index (χ2n) is 4.43. The molecule has 0 aliphatic heterocycles. The first-order valence-electron chi connectivity index (χ1n) is 6.19. The molecule has 3 nitrogen and oxygen atoms in total. The molecule has 1 aliphatic rings. The van der Waals surface area contributed by atoms with Gasteiger partial charge in [-0.05, 0) is 19.8 Å². The van der Waals surface area contributed by atoms with Crippen LogP contribution >= 0.6 is 0 Å². The van der Waals surface area contributed by atoms with Crippen molar-refractivity contribution >= 4 is 11.4 Å². The van der Waals surface area contributed by atoms with E-state index in [9.17, 15) is 4.39 Å². The maximum absolute atomic E-state index is 13.5. The molecule has 3 N–H and O–H groups in total. The summed E-state index contributed by atoms with van der Waals surface area (Å²) >= 11 is 0. The molecule has 1 aliphatic carbocycles. The summed E-state index contributed by atoms with van der Waals surface area (Å²) in [5, 5.41) is 3.36. The van der Waals surface area contributed by atoms with Crippen molar-refractivity contribution in [2.45, 2.75) is 38.6 Å². The van der Waals surface area contributed by atoms with Gasteiger partial charge in [-0.25, -0.2) is 4.39 Å². The predicted octanol–water partition coefficient (Wildman–Crippen LogP) is 3.16. The Morgan fingerprint density at radius 2 is 2.12 bits per heavy atom. The third-order valence-electron chi connectivity index (χ3n) is 3.12. The van der Waals surface area contributed by atoms with E-state index < -0.39 is 5.82 Å². The van der Waals surface area contributed by atoms with Crippen molar-refractivity contribution in [2.75, 3.05) is 17.7 Å². The van der Waals surface area contributed by atoms with E-state index in [0.717, 1.165) is 18.5 Å². The molecule has 0 spiro atoms. The van der Waals surface area contributed by atoms with Crippen LogP contribution in [0.25, 0.3) is 0 Å². The van der Waals surface area contributed by atoms with E-state index >= 15 is 0 Å². The third-order valence-corrected chi connectivity index (χ3v) is 3.12. The van der Waals surface area contributed by atoms with Gasteiger partial charge in [0.2, 0.25) is 0 Å². The van der Waals surface area contributed by atoms with E-state index in [1.54, 1.807) is 6.07 Å². The first kappa shape index (κ1) is 12.0. The van der Waals surface area contributed by atoms with Crippen LogP contribution in [0.2, 0.25) is 0 Å². The number of nitrogen functional groups attached to an aromatic ring is 1. The monoisotopic (exact) mass is 238 g/mol. The van der Waals surface area contributed by atoms with E-state index in [4.69, 9.17) is 10.5 Å². The Balaban J connectivity index is 2.16. The summed E-state index contributed by atoms with van der Waals surface area (Å²) in [5.41, 5.74) is 7.03. The van der Waals surface area contributed by atoms with Gasteiger partial charge in [0.25, 0.3) is 0 Å². The second kappa shape index (κ2) is 5.25. The first-order chi connectivity index (χ1) is 8.20. The van der Waals surface area contributed by atoms with E-state index in [0.29, 0.717) is 18.3 Å². The molecule has 1 aromatic carbocycles. The van der Waals surface area contributed by atoms with Crippen LogP contribution in [0.1, 0.15) is 32.6 Å². The fourth-order valence-electron chi connectivity index (χ4n) is 2.25. The van der Waals surface area contributed by atoms with Crippen molar-refractivity contribution in [2.24, 2.45) is 0 Å². The smallest absolute Gasteiger partial charge is 0.167 e. The lowest BCUT2D eigenvalue weighted by molar-refractivity contribution is 0.322. The highest BCUT2D eigenvalue weighted by Crippen LogP contribution is 2.31. The molecule has 0 saturated heterocycles. The quantitative estimate of drug-likeness (QED) is 0.792. The van der Waals surface area contributed by atoms with Crippen LogP contribution in [0, 0.1) is 5.82 Å². The van der Waals surface area contributed by atoms with Crippen LogP contribution in [-0.4, -0.2) is 12.6 Å². The molecule has 1 saturated carbocycles. The van der Waals surface area contributed by atoms with Gasteiger partial charge in [-0.3, -0.25) is 0 Å². The van der Waals surface area contributed by atoms with Gasteiger partial charge in [0, 0.05) is 18.2 Å². The molecular weight excluding hydrogens is 219 g/mol. The number of anilines is 2. The van der Waals surface area contributed by atoms with Crippen molar-refractivity contribution in [1.29, 1.82) is 0 Å². The lowest BCUT2D eigenvalue weighted by atomic mass is 10.2. The first-order valence-corrected chi connectivity index (χ1v) is 6.19. The van der Waals surface area contributed by atoms with Crippen LogP contribution in [0.3, 0.4) is 0 Å². The summed E-state index contributed by atoms with van der Waals surface area (Å²) < 4.78 is 18.7. The van der Waals surface area contributed by atoms with Gasteiger partial charge in [-0.1, -0.05) is 12.8 Å². The maximum Gasteiger partial charge on any atom is 0.167 e. The molecule has 4 heteroatoms. The number of nitrogens with one attached hydrogen (secondary N) is 1. The molecule has 0 amide bonds. The number of halogens is 1. The van der Waals surface area contributed by atoms with Crippen molar-refractivity contribution in [3.05, 3.63) is 17.9 Å². The van der Waals surface area contributed by atoms with E-state index in [1.807, 2.05) is 6.92 Å². The minimum atomic E-state index is -0.402. The lowest BCUT2D eigenvalue weighted by Crippen LogP contribution is -2.16. The summed E-state index contributed by atoms with van der Waals surface area (Å²) in [5.74, 6) is -0.136. The summed E-state index contributed by atoms with van der Waals surface area (Å²) in [6.07, 6.45) is 4.80. The van der Waals surface area contributed by atoms with Crippen LogP contribution in [0.15, 0.2) is 12.1 Å². The molecule has 1 aromatic rings. The maximum atomic E-state index is 13.5. The lowest BCUT2D eigenvalue weighted by Gasteiger charge is -2.17. The van der Waals surface area contributed by atoms with E-state index in [-0.39, 0.29) is 5.75 Å². The average molecular weight is 238 g/mol. The molecule has 17 heavy (non-hydrogen) atoms. The van der Waals surface area contributed by atoms with Crippen LogP contribution in [0.4, 0.5) is 15.8 Å². The number of ether oxygens (including phenoxy) is 1. The van der Waals surface area contributed by atoms with Crippen LogP contribution in [-0.2, 0) is 0 Å². The molecule has 94 valence electrons. The highest BCUT2D eigenvalue weighted by molar-refractivity contribution is 5.69. The van der Waals surface area contributed by atoms with Crippen LogP contribution < -0.4 is 15.8 Å². The summed E-state index contributed by atoms with van der Waals surface area (Å²) in [4.78, 5) is 0. The van der Waals surface area contributed by atoms with Gasteiger partial charge in [0.05, 0.1) is 18.0 Å². The summed E-state index contributed by atoms with van der Waals surface area (Å²) in [7, 11) is 0. The number of benzene rings is 1. The Labute approximate surface area is 101 Å². The molecule has 0 heterocycles. The van der Waals surface area contributed by atoms with Gasteiger partial charge < -0.3 is 15.8 Å². The molecule has 0 unspecified atom stereocenters. The Bertz CT molecular complexity index is 389. The van der Waals surface area contributed by atoms with Gasteiger partial charge >= 0.3 is 0 Å². The van der Waals surface area contributed by atoms with Crippen molar-refractivity contribution in [1.82, 2.24) is 0 Å². The zero-order valence-electron chi connectivity index (χ0n) is 10.1. The van der Waals surface area contributed by atoms with E-state index in [1.165, 1.54) is 18.9 Å². The third kappa shape index (κ3) is 2.81. The minimum absolute atomic E-state index is 0.266. The summed E-state index contributed by atoms with van der Waals surface area (Å²) in [6.45, 7) is 2.28. The van der Waals surface area contributed by atoms with Gasteiger partial charge in [-0.15, -0.1) is 0 Å². The zero-order valence-corrected chi connectivity index (χ0v) is 10.1. The minimum Gasteiger partial charge on any atom is -0.491 e. The zero-order chi connectivity index (χ0) is 12.3. The number of rotatable bonds is 4. The molecule has 0 radical (unpaired) electrons. The topological polar surface area (TPSA) is 47.3 Å². The summed E-state index contributed by atoms with van der Waals surface area (Å²) in [6, 6.07) is 3.44. The van der Waals surface area contributed by atoms with Crippen molar-refractivity contribution in [3.8, 4) is 5.75 Å². The fraction of sp³-hybridized carbons (Fsp3) is 0.538. The number of hydrogen-bond donors (Lipinski definition) is 2. The molecule has 0 atom stereocenters. The van der Waals surface area contributed by atoms with Crippen molar-refractivity contribution < 1.29 is 9.13 Å². The largest absolute Gasteiger partial charge is 0.491 e. The Hall–Kier alpha value is -1.45. The molecule has 2 rings (SSSR count). The fourth-order valence-corrected chi connectivity index (χ4v) is 2.25.